The number of nitrogens with zero attached hydrogens (tertiary/aromatic N) is 2. The zero-order chi connectivity index (χ0) is 43.5. The van der Waals surface area contributed by atoms with E-state index in [1.165, 1.54) is 0 Å². The Balaban J connectivity index is 1.16. The number of benzene rings is 9. The van der Waals surface area contributed by atoms with Crippen LogP contribution in [0, 0.1) is 0 Å². The Morgan fingerprint density at radius 3 is 2.00 bits per heavy atom. The average Bonchev–Trinajstić information content (AvgIpc) is 4.01. The molecule has 0 bridgehead atoms. The number of rotatable bonds is 5. The van der Waals surface area contributed by atoms with Crippen molar-refractivity contribution >= 4 is 65.6 Å². The van der Waals surface area contributed by atoms with E-state index in [2.05, 4.69) is 65.2 Å². The summed E-state index contributed by atoms with van der Waals surface area (Å²) in [5.41, 5.74) is 9.68. The summed E-state index contributed by atoms with van der Waals surface area (Å²) in [5.74, 6) is 0. The van der Waals surface area contributed by atoms with Crippen LogP contribution in [-0.2, 0) is 0 Å². The average molecular weight is 734 g/mol. The van der Waals surface area contributed by atoms with E-state index in [0.29, 0.717) is 22.4 Å². The number of para-hydroxylation sites is 4. The summed E-state index contributed by atoms with van der Waals surface area (Å²) in [6.45, 7) is 0. The molecule has 57 heavy (non-hydrogen) atoms. The maximum atomic E-state index is 9.98. The third-order valence-electron chi connectivity index (χ3n) is 11.2. The van der Waals surface area contributed by atoms with Crippen LogP contribution in [-0.4, -0.2) is 9.13 Å². The number of aromatic nitrogens is 2. The molecule has 12 aromatic rings. The summed E-state index contributed by atoms with van der Waals surface area (Å²) in [6.07, 6.45) is 0. The predicted octanol–water partition coefficient (Wildman–Crippen LogP) is 14.8. The van der Waals surface area contributed by atoms with E-state index in [1.54, 1.807) is 10.6 Å². The molecule has 0 fully saturated rings. The molecule has 0 saturated carbocycles. The third-order valence-corrected chi connectivity index (χ3v) is 11.2. The van der Waals surface area contributed by atoms with Crippen LogP contribution >= 0.6 is 0 Å². The minimum atomic E-state index is -0.444. The highest BCUT2D eigenvalue weighted by molar-refractivity contribution is 6.16. The van der Waals surface area contributed by atoms with Crippen LogP contribution in [0.5, 0.6) is 0 Å². The fraction of sp³-hybridized carbons (Fsp3) is 0. The van der Waals surface area contributed by atoms with Gasteiger partial charge in [0.25, 0.3) is 0 Å². The van der Waals surface area contributed by atoms with Gasteiger partial charge in [-0.15, -0.1) is 0 Å². The Kier molecular flexibility index (Phi) is 5.56. The van der Waals surface area contributed by atoms with Crippen LogP contribution in [0.2, 0.25) is 0 Å². The van der Waals surface area contributed by atoms with E-state index in [1.807, 2.05) is 97.1 Å². The molecule has 0 atom stereocenters. The van der Waals surface area contributed by atoms with Crippen LogP contribution < -0.4 is 0 Å². The van der Waals surface area contributed by atoms with E-state index < -0.39 is 12.1 Å². The second kappa shape index (κ2) is 12.5. The fourth-order valence-electron chi connectivity index (χ4n) is 8.61. The molecule has 0 spiro atoms. The van der Waals surface area contributed by atoms with Crippen molar-refractivity contribution in [3.63, 3.8) is 0 Å². The van der Waals surface area contributed by atoms with Crippen molar-refractivity contribution < 1.29 is 14.0 Å². The van der Waals surface area contributed by atoms with E-state index in [4.69, 9.17) is 7.16 Å². The molecule has 3 heteroatoms. The van der Waals surface area contributed by atoms with Gasteiger partial charge in [-0.2, -0.15) is 0 Å². The molecule has 0 radical (unpaired) electrons. The van der Waals surface area contributed by atoms with Crippen LogP contribution in [0.25, 0.3) is 110 Å². The Hall–Kier alpha value is -7.62. The summed E-state index contributed by atoms with van der Waals surface area (Å²) < 4.78 is 75.7. The van der Waals surface area contributed by atoms with Crippen molar-refractivity contribution in [3.8, 4) is 44.8 Å². The Morgan fingerprint density at radius 2 is 1.11 bits per heavy atom. The molecule has 0 amide bonds. The van der Waals surface area contributed by atoms with Gasteiger partial charge in [-0.25, -0.2) is 0 Å². The molecular formula is C54H34N2O. The normalized spacial score (nSPS) is 13.6. The second-order valence-corrected chi connectivity index (χ2v) is 14.3. The minimum absolute atomic E-state index is 0.106. The lowest BCUT2D eigenvalue weighted by molar-refractivity contribution is 0.666. The van der Waals surface area contributed by atoms with Gasteiger partial charge in [0.05, 0.1) is 37.3 Å². The molecular weight excluding hydrogens is 693 g/mol. The van der Waals surface area contributed by atoms with Gasteiger partial charge in [0, 0.05) is 43.6 Å². The quantitative estimate of drug-likeness (QED) is 0.173. The zero-order valence-corrected chi connectivity index (χ0v) is 30.4. The lowest BCUT2D eigenvalue weighted by atomic mass is 9.99. The molecule has 0 aliphatic heterocycles. The number of fused-ring (bicyclic) bond motifs is 9. The lowest BCUT2D eigenvalue weighted by Crippen LogP contribution is -1.96. The standard InChI is InChI=1S/C54H34N2O/c1-3-14-35(15-4-1)37-18-11-19-40(32-37)55-49-30-28-39(34-47(49)44-23-12-22-41(53(44)55)36-16-5-2-6-17-36)38-29-31-50-46(33-38)42-20-7-9-25-48(42)56(50)51-26-13-24-45-43-21-8-10-27-52(43)57-54(45)51/h1-34H/i7D,9D,20D,25D,29D,31D,33D. The van der Waals surface area contributed by atoms with Crippen LogP contribution in [0.3, 0.4) is 0 Å². The van der Waals surface area contributed by atoms with Gasteiger partial charge in [-0.05, 0) is 82.3 Å². The van der Waals surface area contributed by atoms with Gasteiger partial charge in [0.2, 0.25) is 0 Å². The molecule has 0 aliphatic carbocycles. The number of furan rings is 1. The summed E-state index contributed by atoms with van der Waals surface area (Å²) in [4.78, 5) is 0. The van der Waals surface area contributed by atoms with Gasteiger partial charge in [-0.1, -0.05) is 152 Å². The van der Waals surface area contributed by atoms with E-state index in [0.717, 1.165) is 60.5 Å². The highest BCUT2D eigenvalue weighted by Crippen LogP contribution is 2.42. The van der Waals surface area contributed by atoms with Crippen LogP contribution in [0.15, 0.2) is 211 Å². The monoisotopic (exact) mass is 733 g/mol. The first-order valence-corrected chi connectivity index (χ1v) is 18.9. The smallest absolute Gasteiger partial charge is 0.159 e. The van der Waals surface area contributed by atoms with Crippen LogP contribution in [0.1, 0.15) is 9.60 Å². The van der Waals surface area contributed by atoms with Crippen molar-refractivity contribution in [2.24, 2.45) is 0 Å². The SMILES string of the molecule is [2H]c1c([2H])c([2H])c2c(c1[2H])c1c([2H])c(-c3ccc4c(c3)c3cccc(-c5ccccc5)c3n4-c3cccc(-c4ccccc4)c3)c([2H])c([2H])c1n2-c1cccc2c1oc1ccccc12. The minimum Gasteiger partial charge on any atom is -0.454 e. The van der Waals surface area contributed by atoms with Gasteiger partial charge < -0.3 is 13.6 Å². The summed E-state index contributed by atoms with van der Waals surface area (Å²) in [7, 11) is 0. The first-order valence-electron chi connectivity index (χ1n) is 22.4. The molecule has 3 heterocycles. The largest absolute Gasteiger partial charge is 0.454 e. The number of hydrogen-bond donors (Lipinski definition) is 0. The lowest BCUT2D eigenvalue weighted by Gasteiger charge is -2.13. The third kappa shape index (κ3) is 4.86. The molecule has 0 N–H and O–H groups in total. The number of hydrogen-bond acceptors (Lipinski definition) is 1. The van der Waals surface area contributed by atoms with Crippen molar-refractivity contribution in [1.29, 1.82) is 0 Å². The second-order valence-electron chi connectivity index (χ2n) is 14.3. The summed E-state index contributed by atoms with van der Waals surface area (Å²) >= 11 is 0. The maximum absolute atomic E-state index is 9.98. The molecule has 3 nitrogen and oxygen atoms in total. The highest BCUT2D eigenvalue weighted by Gasteiger charge is 2.20. The van der Waals surface area contributed by atoms with Crippen molar-refractivity contribution in [3.05, 3.63) is 206 Å². The maximum Gasteiger partial charge on any atom is 0.159 e. The Labute approximate surface area is 338 Å². The molecule has 266 valence electrons. The van der Waals surface area contributed by atoms with Crippen molar-refractivity contribution in [2.45, 2.75) is 0 Å². The van der Waals surface area contributed by atoms with Crippen molar-refractivity contribution in [1.82, 2.24) is 9.13 Å². The van der Waals surface area contributed by atoms with Gasteiger partial charge >= 0.3 is 0 Å². The Morgan fingerprint density at radius 1 is 0.404 bits per heavy atom. The van der Waals surface area contributed by atoms with Crippen LogP contribution in [0.4, 0.5) is 0 Å². The van der Waals surface area contributed by atoms with E-state index in [-0.39, 0.29) is 57.6 Å². The highest BCUT2D eigenvalue weighted by atomic mass is 16.3. The fourth-order valence-corrected chi connectivity index (χ4v) is 8.61. The summed E-state index contributed by atoms with van der Waals surface area (Å²) in [6, 6.07) is 52.3. The molecule has 0 saturated heterocycles. The first kappa shape index (κ1) is 25.5. The summed E-state index contributed by atoms with van der Waals surface area (Å²) in [5, 5.41) is 3.79. The van der Waals surface area contributed by atoms with E-state index in [9.17, 15) is 6.85 Å². The molecule has 9 aromatic carbocycles. The predicted molar refractivity (Wildman–Crippen MR) is 239 cm³/mol. The zero-order valence-electron chi connectivity index (χ0n) is 37.4. The topological polar surface area (TPSA) is 23.0 Å². The molecule has 3 aromatic heterocycles. The van der Waals surface area contributed by atoms with Gasteiger partial charge in [0.15, 0.2) is 5.58 Å². The Bertz CT molecular complexity index is 3930. The first-order chi connectivity index (χ1) is 31.2. The van der Waals surface area contributed by atoms with Gasteiger partial charge in [0.1, 0.15) is 5.58 Å². The van der Waals surface area contributed by atoms with Crippen molar-refractivity contribution in [2.75, 3.05) is 0 Å². The molecule has 0 aliphatic rings. The van der Waals surface area contributed by atoms with E-state index >= 15 is 0 Å². The molecule has 0 unspecified atom stereocenters. The molecule has 12 rings (SSSR count). The van der Waals surface area contributed by atoms with Gasteiger partial charge in [-0.3, -0.25) is 0 Å².